The van der Waals surface area contributed by atoms with Gasteiger partial charge in [0.25, 0.3) is 0 Å². The second kappa shape index (κ2) is 4.97. The SMILES string of the molecule is CCCC1(CCC)CN(CCN)C1. The molecule has 1 aliphatic rings. The first-order valence-corrected chi connectivity index (χ1v) is 5.69. The van der Waals surface area contributed by atoms with Crippen LogP contribution in [-0.2, 0) is 0 Å². The van der Waals surface area contributed by atoms with Crippen LogP contribution in [0.1, 0.15) is 39.5 Å². The first-order valence-electron chi connectivity index (χ1n) is 5.69. The first kappa shape index (κ1) is 11.0. The number of rotatable bonds is 6. The molecule has 0 radical (unpaired) electrons. The van der Waals surface area contributed by atoms with Crippen LogP contribution in [0.25, 0.3) is 0 Å². The maximum Gasteiger partial charge on any atom is 0.0105 e. The lowest BCUT2D eigenvalue weighted by Crippen LogP contribution is -2.57. The Balaban J connectivity index is 2.29. The topological polar surface area (TPSA) is 29.3 Å². The molecule has 2 nitrogen and oxygen atoms in total. The van der Waals surface area contributed by atoms with E-state index in [1.165, 1.54) is 38.8 Å². The van der Waals surface area contributed by atoms with E-state index >= 15 is 0 Å². The van der Waals surface area contributed by atoms with Gasteiger partial charge in [-0.05, 0) is 18.3 Å². The van der Waals surface area contributed by atoms with Gasteiger partial charge in [-0.15, -0.1) is 0 Å². The quantitative estimate of drug-likeness (QED) is 0.682. The maximum atomic E-state index is 5.53. The van der Waals surface area contributed by atoms with E-state index in [1.54, 1.807) is 0 Å². The van der Waals surface area contributed by atoms with Gasteiger partial charge in [-0.25, -0.2) is 0 Å². The fourth-order valence-electron chi connectivity index (χ4n) is 2.74. The Morgan fingerprint density at radius 1 is 1.15 bits per heavy atom. The molecule has 0 bridgehead atoms. The summed E-state index contributed by atoms with van der Waals surface area (Å²) in [5.41, 5.74) is 6.20. The maximum absolute atomic E-state index is 5.53. The first-order chi connectivity index (χ1) is 6.26. The van der Waals surface area contributed by atoms with Crippen molar-refractivity contribution in [1.82, 2.24) is 4.90 Å². The Kier molecular flexibility index (Phi) is 4.20. The van der Waals surface area contributed by atoms with Crippen molar-refractivity contribution in [3.8, 4) is 0 Å². The van der Waals surface area contributed by atoms with E-state index in [4.69, 9.17) is 5.73 Å². The van der Waals surface area contributed by atoms with Crippen molar-refractivity contribution in [3.05, 3.63) is 0 Å². The number of nitrogens with two attached hydrogens (primary N) is 1. The van der Waals surface area contributed by atoms with Gasteiger partial charge >= 0.3 is 0 Å². The molecule has 1 saturated heterocycles. The molecule has 0 unspecified atom stereocenters. The third-order valence-corrected chi connectivity index (χ3v) is 3.12. The monoisotopic (exact) mass is 184 g/mol. The average molecular weight is 184 g/mol. The predicted octanol–water partition coefficient (Wildman–Crippen LogP) is 1.85. The fourth-order valence-corrected chi connectivity index (χ4v) is 2.74. The third-order valence-electron chi connectivity index (χ3n) is 3.12. The molecule has 0 atom stereocenters. The molecule has 0 amide bonds. The van der Waals surface area contributed by atoms with Gasteiger partial charge < -0.3 is 10.6 Å². The molecule has 78 valence electrons. The summed E-state index contributed by atoms with van der Waals surface area (Å²) in [5, 5.41) is 0. The van der Waals surface area contributed by atoms with Gasteiger partial charge in [0.2, 0.25) is 0 Å². The van der Waals surface area contributed by atoms with Crippen LogP contribution in [-0.4, -0.2) is 31.1 Å². The van der Waals surface area contributed by atoms with Crippen LogP contribution in [0, 0.1) is 5.41 Å². The highest BCUT2D eigenvalue weighted by Gasteiger charge is 2.40. The molecule has 0 saturated carbocycles. The van der Waals surface area contributed by atoms with Crippen LogP contribution in [0.2, 0.25) is 0 Å². The van der Waals surface area contributed by atoms with E-state index in [2.05, 4.69) is 18.7 Å². The van der Waals surface area contributed by atoms with E-state index in [9.17, 15) is 0 Å². The van der Waals surface area contributed by atoms with Crippen LogP contribution in [0.15, 0.2) is 0 Å². The number of likely N-dealkylation sites (tertiary alicyclic amines) is 1. The molecule has 2 heteroatoms. The largest absolute Gasteiger partial charge is 0.329 e. The van der Waals surface area contributed by atoms with Gasteiger partial charge in [-0.1, -0.05) is 26.7 Å². The minimum atomic E-state index is 0.665. The van der Waals surface area contributed by atoms with Crippen LogP contribution in [0.3, 0.4) is 0 Å². The Morgan fingerprint density at radius 2 is 1.69 bits per heavy atom. The predicted molar refractivity (Wildman–Crippen MR) is 57.7 cm³/mol. The highest BCUT2D eigenvalue weighted by molar-refractivity contribution is 4.94. The van der Waals surface area contributed by atoms with Crippen LogP contribution >= 0.6 is 0 Å². The van der Waals surface area contributed by atoms with E-state index in [1.807, 2.05) is 0 Å². The van der Waals surface area contributed by atoms with Crippen molar-refractivity contribution in [2.24, 2.45) is 11.1 Å². The van der Waals surface area contributed by atoms with Crippen LogP contribution in [0.5, 0.6) is 0 Å². The smallest absolute Gasteiger partial charge is 0.0105 e. The van der Waals surface area contributed by atoms with Gasteiger partial charge in [-0.2, -0.15) is 0 Å². The molecule has 1 heterocycles. The summed E-state index contributed by atoms with van der Waals surface area (Å²) in [4.78, 5) is 2.49. The van der Waals surface area contributed by atoms with Crippen molar-refractivity contribution >= 4 is 0 Å². The highest BCUT2D eigenvalue weighted by atomic mass is 15.2. The summed E-state index contributed by atoms with van der Waals surface area (Å²) < 4.78 is 0. The van der Waals surface area contributed by atoms with Gasteiger partial charge in [0.15, 0.2) is 0 Å². The summed E-state index contributed by atoms with van der Waals surface area (Å²) in [5.74, 6) is 0. The Bertz CT molecular complexity index is 131. The third kappa shape index (κ3) is 2.68. The zero-order valence-electron chi connectivity index (χ0n) is 9.18. The number of hydrogen-bond donors (Lipinski definition) is 1. The minimum absolute atomic E-state index is 0.665. The molecular weight excluding hydrogens is 160 g/mol. The van der Waals surface area contributed by atoms with Crippen molar-refractivity contribution in [3.63, 3.8) is 0 Å². The summed E-state index contributed by atoms with van der Waals surface area (Å²) in [7, 11) is 0. The van der Waals surface area contributed by atoms with E-state index in [-0.39, 0.29) is 0 Å². The van der Waals surface area contributed by atoms with Crippen LogP contribution in [0.4, 0.5) is 0 Å². The molecule has 0 aromatic rings. The van der Waals surface area contributed by atoms with Crippen molar-refractivity contribution in [1.29, 1.82) is 0 Å². The second-order valence-electron chi connectivity index (χ2n) is 4.50. The minimum Gasteiger partial charge on any atom is -0.329 e. The van der Waals surface area contributed by atoms with Gasteiger partial charge in [0.05, 0.1) is 0 Å². The molecule has 1 fully saturated rings. The fraction of sp³-hybridized carbons (Fsp3) is 1.00. The average Bonchev–Trinajstić information content (AvgIpc) is 2.03. The highest BCUT2D eigenvalue weighted by Crippen LogP contribution is 2.38. The van der Waals surface area contributed by atoms with E-state index in [0.717, 1.165) is 13.1 Å². The van der Waals surface area contributed by atoms with Crippen LogP contribution < -0.4 is 5.73 Å². The van der Waals surface area contributed by atoms with Crippen molar-refractivity contribution in [2.75, 3.05) is 26.2 Å². The van der Waals surface area contributed by atoms with E-state index in [0.29, 0.717) is 5.41 Å². The zero-order valence-corrected chi connectivity index (χ0v) is 9.18. The Hall–Kier alpha value is -0.0800. The lowest BCUT2D eigenvalue weighted by molar-refractivity contribution is -0.0119. The second-order valence-corrected chi connectivity index (χ2v) is 4.50. The normalized spacial score (nSPS) is 21.5. The van der Waals surface area contributed by atoms with Gasteiger partial charge in [-0.3, -0.25) is 0 Å². The Labute approximate surface area is 82.5 Å². The summed E-state index contributed by atoms with van der Waals surface area (Å²) >= 11 is 0. The zero-order chi connectivity index (χ0) is 9.73. The Morgan fingerprint density at radius 3 is 2.08 bits per heavy atom. The summed E-state index contributed by atoms with van der Waals surface area (Å²) in [6, 6.07) is 0. The lowest BCUT2D eigenvalue weighted by atomic mass is 9.73. The molecule has 0 aromatic carbocycles. The van der Waals surface area contributed by atoms with Crippen molar-refractivity contribution < 1.29 is 0 Å². The van der Waals surface area contributed by atoms with Crippen molar-refractivity contribution in [2.45, 2.75) is 39.5 Å². The lowest BCUT2D eigenvalue weighted by Gasteiger charge is -2.51. The van der Waals surface area contributed by atoms with Gasteiger partial charge in [0.1, 0.15) is 0 Å². The molecule has 1 aliphatic heterocycles. The molecule has 0 aromatic heterocycles. The number of nitrogens with zero attached hydrogens (tertiary/aromatic N) is 1. The summed E-state index contributed by atoms with van der Waals surface area (Å²) in [6.45, 7) is 9.09. The molecule has 0 aliphatic carbocycles. The molecule has 1 rings (SSSR count). The molecule has 0 spiro atoms. The summed E-state index contributed by atoms with van der Waals surface area (Å²) in [6.07, 6.45) is 5.47. The van der Waals surface area contributed by atoms with Gasteiger partial charge in [0, 0.05) is 26.2 Å². The molecule has 2 N–H and O–H groups in total. The molecule has 13 heavy (non-hydrogen) atoms. The molecular formula is C11H24N2. The van der Waals surface area contributed by atoms with E-state index < -0.39 is 0 Å². The standard InChI is InChI=1S/C11H24N2/c1-3-5-11(6-4-2)9-13(10-11)8-7-12/h3-10,12H2,1-2H3. The number of hydrogen-bond acceptors (Lipinski definition) is 2.